The molecular formula is C7H12OSi. The Morgan fingerprint density at radius 2 is 2.56 bits per heavy atom. The Balaban J connectivity index is 2.23. The van der Waals surface area contributed by atoms with Gasteiger partial charge in [-0.05, 0) is 25.2 Å². The number of hydrogen-bond donors (Lipinski definition) is 1. The van der Waals surface area contributed by atoms with Gasteiger partial charge in [-0.3, -0.25) is 0 Å². The number of hydrogen-bond acceptors (Lipinski definition) is 1. The van der Waals surface area contributed by atoms with Crippen LogP contribution in [-0.4, -0.2) is 14.6 Å². The van der Waals surface area contributed by atoms with E-state index in [4.69, 9.17) is 4.80 Å². The van der Waals surface area contributed by atoms with Gasteiger partial charge in [-0.25, -0.2) is 0 Å². The van der Waals surface area contributed by atoms with Gasteiger partial charge in [0.15, 0.2) is 9.76 Å². The van der Waals surface area contributed by atoms with Gasteiger partial charge >= 0.3 is 0 Å². The molecule has 0 aromatic carbocycles. The van der Waals surface area contributed by atoms with Crippen LogP contribution in [0.1, 0.15) is 19.3 Å². The average molecular weight is 140 g/mol. The Labute approximate surface area is 57.7 Å². The predicted octanol–water partition coefficient (Wildman–Crippen LogP) is 0.591. The summed E-state index contributed by atoms with van der Waals surface area (Å²) in [5, 5.41) is 0.366. The highest BCUT2D eigenvalue weighted by Gasteiger charge is 2.40. The van der Waals surface area contributed by atoms with Crippen molar-refractivity contribution in [3.63, 3.8) is 0 Å². The largest absolute Gasteiger partial charge is 0.437 e. The van der Waals surface area contributed by atoms with Gasteiger partial charge < -0.3 is 4.80 Å². The molecule has 2 heteroatoms. The summed E-state index contributed by atoms with van der Waals surface area (Å²) in [5.74, 6) is 0.838. The van der Waals surface area contributed by atoms with Crippen molar-refractivity contribution in [3.05, 3.63) is 12.2 Å². The minimum Gasteiger partial charge on any atom is -0.437 e. The molecule has 2 bridgehead atoms. The summed E-state index contributed by atoms with van der Waals surface area (Å²) in [6, 6.07) is 0. The molecule has 0 aromatic rings. The SMILES string of the molecule is O[SiH2]C12C=CC(CC1)C2. The monoisotopic (exact) mass is 140 g/mol. The Morgan fingerprint density at radius 1 is 1.67 bits per heavy atom. The lowest BCUT2D eigenvalue weighted by Gasteiger charge is -2.17. The Kier molecular flexibility index (Phi) is 1.07. The zero-order valence-electron chi connectivity index (χ0n) is 5.51. The third-order valence-electron chi connectivity index (χ3n) is 2.72. The Hall–Kier alpha value is -0.0831. The van der Waals surface area contributed by atoms with Crippen LogP contribution in [0.25, 0.3) is 0 Å². The first kappa shape index (κ1) is 5.68. The fourth-order valence-electron chi connectivity index (χ4n) is 2.05. The molecule has 2 atom stereocenters. The van der Waals surface area contributed by atoms with Crippen LogP contribution in [0.2, 0.25) is 5.04 Å². The van der Waals surface area contributed by atoms with Crippen LogP contribution in [0.3, 0.4) is 0 Å². The van der Waals surface area contributed by atoms with Crippen LogP contribution in [0.15, 0.2) is 12.2 Å². The van der Waals surface area contributed by atoms with E-state index in [9.17, 15) is 0 Å². The molecule has 0 radical (unpaired) electrons. The maximum absolute atomic E-state index is 9.13. The van der Waals surface area contributed by atoms with Gasteiger partial charge in [0.25, 0.3) is 0 Å². The number of rotatable bonds is 1. The molecule has 1 fully saturated rings. The van der Waals surface area contributed by atoms with Gasteiger partial charge in [0, 0.05) is 5.04 Å². The predicted molar refractivity (Wildman–Crippen MR) is 39.9 cm³/mol. The third-order valence-corrected chi connectivity index (χ3v) is 4.23. The van der Waals surface area contributed by atoms with Crippen molar-refractivity contribution in [2.24, 2.45) is 5.92 Å². The van der Waals surface area contributed by atoms with Crippen molar-refractivity contribution in [2.45, 2.75) is 24.3 Å². The average Bonchev–Trinajstić information content (AvgIpc) is 2.46. The van der Waals surface area contributed by atoms with E-state index in [-0.39, 0.29) is 0 Å². The standard InChI is InChI=1S/C7H12OSi/c8-9-7-3-1-6(5-7)2-4-7/h1,3,6,8H,2,4-5,9H2. The second-order valence-corrected chi connectivity index (χ2v) is 5.11. The van der Waals surface area contributed by atoms with Crippen molar-refractivity contribution in [3.8, 4) is 0 Å². The van der Waals surface area contributed by atoms with Crippen LogP contribution >= 0.6 is 0 Å². The van der Waals surface area contributed by atoms with E-state index in [1.54, 1.807) is 0 Å². The van der Waals surface area contributed by atoms with Crippen molar-refractivity contribution >= 4 is 9.76 Å². The fraction of sp³-hybridized carbons (Fsp3) is 0.714. The second kappa shape index (κ2) is 1.70. The summed E-state index contributed by atoms with van der Waals surface area (Å²) in [5.41, 5.74) is 0. The Morgan fingerprint density at radius 3 is 2.78 bits per heavy atom. The van der Waals surface area contributed by atoms with Gasteiger partial charge in [0.1, 0.15) is 0 Å². The molecule has 0 spiro atoms. The molecule has 1 N–H and O–H groups in total. The van der Waals surface area contributed by atoms with Crippen molar-refractivity contribution < 1.29 is 4.80 Å². The molecule has 2 unspecified atom stereocenters. The highest BCUT2D eigenvalue weighted by molar-refractivity contribution is 6.32. The lowest BCUT2D eigenvalue weighted by Crippen LogP contribution is -2.11. The summed E-state index contributed by atoms with van der Waals surface area (Å²) in [7, 11) is -0.762. The quantitative estimate of drug-likeness (QED) is 0.417. The molecule has 9 heavy (non-hydrogen) atoms. The van der Waals surface area contributed by atoms with Crippen LogP contribution in [0, 0.1) is 5.92 Å². The van der Waals surface area contributed by atoms with Gasteiger partial charge in [-0.2, -0.15) is 0 Å². The van der Waals surface area contributed by atoms with Gasteiger partial charge in [0.2, 0.25) is 0 Å². The molecule has 2 aliphatic carbocycles. The van der Waals surface area contributed by atoms with E-state index in [2.05, 4.69) is 12.2 Å². The smallest absolute Gasteiger partial charge is 0.166 e. The minimum atomic E-state index is -0.762. The van der Waals surface area contributed by atoms with Gasteiger partial charge in [-0.1, -0.05) is 12.2 Å². The maximum Gasteiger partial charge on any atom is 0.166 e. The molecule has 1 saturated carbocycles. The number of fused-ring (bicyclic) bond motifs is 2. The molecular weight excluding hydrogens is 128 g/mol. The van der Waals surface area contributed by atoms with E-state index in [0.29, 0.717) is 5.04 Å². The van der Waals surface area contributed by atoms with Crippen molar-refractivity contribution in [2.75, 3.05) is 0 Å². The molecule has 0 amide bonds. The topological polar surface area (TPSA) is 20.2 Å². The zero-order valence-corrected chi connectivity index (χ0v) is 6.92. The van der Waals surface area contributed by atoms with Gasteiger partial charge in [-0.15, -0.1) is 0 Å². The van der Waals surface area contributed by atoms with Crippen molar-refractivity contribution in [1.29, 1.82) is 0 Å². The first-order valence-corrected chi connectivity index (χ1v) is 4.99. The molecule has 0 heterocycles. The molecule has 1 nitrogen and oxygen atoms in total. The Bertz CT molecular complexity index is 155. The summed E-state index contributed by atoms with van der Waals surface area (Å²) in [6.07, 6.45) is 8.46. The lowest BCUT2D eigenvalue weighted by molar-refractivity contribution is 0.539. The first-order chi connectivity index (χ1) is 4.35. The maximum atomic E-state index is 9.13. The van der Waals surface area contributed by atoms with Crippen LogP contribution in [-0.2, 0) is 0 Å². The highest BCUT2D eigenvalue weighted by atomic mass is 28.2. The van der Waals surface area contributed by atoms with E-state index in [0.717, 1.165) is 5.92 Å². The summed E-state index contributed by atoms with van der Waals surface area (Å²) in [4.78, 5) is 9.13. The van der Waals surface area contributed by atoms with Crippen LogP contribution in [0.5, 0.6) is 0 Å². The summed E-state index contributed by atoms with van der Waals surface area (Å²) < 4.78 is 0. The molecule has 0 aromatic heterocycles. The molecule has 2 rings (SSSR count). The van der Waals surface area contributed by atoms with E-state index >= 15 is 0 Å². The first-order valence-electron chi connectivity index (χ1n) is 3.65. The van der Waals surface area contributed by atoms with Crippen molar-refractivity contribution in [1.82, 2.24) is 0 Å². The molecule has 0 aliphatic heterocycles. The molecule has 50 valence electrons. The molecule has 2 aliphatic rings. The van der Waals surface area contributed by atoms with E-state index in [1.807, 2.05) is 0 Å². The summed E-state index contributed by atoms with van der Waals surface area (Å²) >= 11 is 0. The minimum absolute atomic E-state index is 0.366. The normalized spacial score (nSPS) is 47.9. The summed E-state index contributed by atoms with van der Waals surface area (Å²) in [6.45, 7) is 0. The van der Waals surface area contributed by atoms with Crippen LogP contribution < -0.4 is 0 Å². The van der Waals surface area contributed by atoms with E-state index in [1.165, 1.54) is 19.3 Å². The number of allylic oxidation sites excluding steroid dienone is 2. The molecule has 0 saturated heterocycles. The van der Waals surface area contributed by atoms with Crippen LogP contribution in [0.4, 0.5) is 0 Å². The second-order valence-electron chi connectivity index (χ2n) is 3.38. The lowest BCUT2D eigenvalue weighted by atomic mass is 10.1. The third kappa shape index (κ3) is 0.699. The fourth-order valence-corrected chi connectivity index (χ4v) is 3.15. The zero-order chi connectivity index (χ0) is 6.32. The highest BCUT2D eigenvalue weighted by Crippen LogP contribution is 2.53. The van der Waals surface area contributed by atoms with E-state index < -0.39 is 9.76 Å². The van der Waals surface area contributed by atoms with Gasteiger partial charge in [0.05, 0.1) is 0 Å².